The second-order valence-corrected chi connectivity index (χ2v) is 4.80. The molecule has 5 N–H and O–H groups in total. The summed E-state index contributed by atoms with van der Waals surface area (Å²) in [4.78, 5) is 3.91. The van der Waals surface area contributed by atoms with Gasteiger partial charge in [-0.25, -0.2) is 18.1 Å². The molecule has 0 radical (unpaired) electrons. The smallest absolute Gasteiger partial charge is 0.240 e. The van der Waals surface area contributed by atoms with Gasteiger partial charge in [-0.2, -0.15) is 0 Å². The van der Waals surface area contributed by atoms with Crippen LogP contribution in [0.4, 0.5) is 5.69 Å². The molecule has 16 heavy (non-hydrogen) atoms. The number of rotatable bonds is 4. The Bertz CT molecular complexity index is 492. The topological polar surface area (TPSA) is 111 Å². The molecule has 0 spiro atoms. The Kier molecular flexibility index (Phi) is 3.86. The molecular formula is C9H14N4O2S. The Morgan fingerprint density at radius 1 is 1.44 bits per heavy atom. The lowest BCUT2D eigenvalue weighted by Gasteiger charge is -2.04. The highest BCUT2D eigenvalue weighted by molar-refractivity contribution is 7.89. The maximum absolute atomic E-state index is 11.6. The van der Waals surface area contributed by atoms with Crippen LogP contribution in [0.25, 0.3) is 0 Å². The van der Waals surface area contributed by atoms with Crippen molar-refractivity contribution in [3.05, 3.63) is 24.3 Å². The zero-order valence-corrected chi connectivity index (χ0v) is 9.66. The van der Waals surface area contributed by atoms with Crippen molar-refractivity contribution >= 4 is 21.7 Å². The summed E-state index contributed by atoms with van der Waals surface area (Å²) in [6.07, 6.45) is 0. The second kappa shape index (κ2) is 4.95. The first-order valence-electron chi connectivity index (χ1n) is 4.65. The van der Waals surface area contributed by atoms with Crippen LogP contribution in [-0.4, -0.2) is 20.9 Å². The molecule has 0 atom stereocenters. The van der Waals surface area contributed by atoms with Gasteiger partial charge >= 0.3 is 0 Å². The van der Waals surface area contributed by atoms with Gasteiger partial charge in [-0.15, -0.1) is 0 Å². The van der Waals surface area contributed by atoms with E-state index in [9.17, 15) is 8.42 Å². The molecule has 0 heterocycles. The summed E-state index contributed by atoms with van der Waals surface area (Å²) >= 11 is 0. The van der Waals surface area contributed by atoms with Gasteiger partial charge in [-0.05, 0) is 18.2 Å². The van der Waals surface area contributed by atoms with Gasteiger partial charge in [0.1, 0.15) is 0 Å². The fourth-order valence-electron chi connectivity index (χ4n) is 1.14. The van der Waals surface area contributed by atoms with E-state index in [4.69, 9.17) is 11.5 Å². The van der Waals surface area contributed by atoms with Crippen LogP contribution in [0.15, 0.2) is 34.2 Å². The van der Waals surface area contributed by atoms with E-state index < -0.39 is 10.0 Å². The lowest BCUT2D eigenvalue weighted by molar-refractivity contribution is 0.584. The van der Waals surface area contributed by atoms with Gasteiger partial charge in [0.25, 0.3) is 0 Å². The molecule has 1 aromatic rings. The highest BCUT2D eigenvalue weighted by Gasteiger charge is 2.12. The molecule has 88 valence electrons. The van der Waals surface area contributed by atoms with Crippen LogP contribution in [0.5, 0.6) is 0 Å². The molecule has 0 aliphatic heterocycles. The Labute approximate surface area is 94.4 Å². The van der Waals surface area contributed by atoms with Crippen molar-refractivity contribution in [3.63, 3.8) is 0 Å². The van der Waals surface area contributed by atoms with E-state index in [0.717, 1.165) is 0 Å². The van der Waals surface area contributed by atoms with Crippen LogP contribution < -0.4 is 16.2 Å². The monoisotopic (exact) mass is 242 g/mol. The van der Waals surface area contributed by atoms with Crippen LogP contribution >= 0.6 is 0 Å². The van der Waals surface area contributed by atoms with Gasteiger partial charge < -0.3 is 11.5 Å². The molecule has 0 aliphatic carbocycles. The molecule has 0 saturated carbocycles. The molecule has 0 aromatic heterocycles. The Morgan fingerprint density at radius 3 is 2.69 bits per heavy atom. The fourth-order valence-corrected chi connectivity index (χ4v) is 2.22. The summed E-state index contributed by atoms with van der Waals surface area (Å²) < 4.78 is 25.7. The van der Waals surface area contributed by atoms with Crippen molar-refractivity contribution in [1.29, 1.82) is 0 Å². The molecule has 7 heteroatoms. The van der Waals surface area contributed by atoms with E-state index in [-0.39, 0.29) is 10.9 Å². The number of hydrogen-bond donors (Lipinski definition) is 3. The normalized spacial score (nSPS) is 11.1. The number of nitrogens with zero attached hydrogens (tertiary/aromatic N) is 1. The average molecular weight is 242 g/mol. The Hall–Kier alpha value is -1.60. The van der Waals surface area contributed by atoms with E-state index in [1.807, 2.05) is 0 Å². The third kappa shape index (κ3) is 3.21. The molecule has 1 aromatic carbocycles. The standard InChI is InChI=1S/C9H14N4O2S/c1-2-12-16(14,15)8-5-3-4-7(6-8)13-9(10)11/h3-6,12H,2H2,1H3,(H4,10,11,13). The summed E-state index contributed by atoms with van der Waals surface area (Å²) in [6, 6.07) is 6.07. The van der Waals surface area contributed by atoms with Gasteiger partial charge in [0, 0.05) is 6.54 Å². The summed E-state index contributed by atoms with van der Waals surface area (Å²) in [6.45, 7) is 2.03. The average Bonchev–Trinajstić information content (AvgIpc) is 2.17. The van der Waals surface area contributed by atoms with E-state index in [1.165, 1.54) is 12.1 Å². The largest absolute Gasteiger partial charge is 0.370 e. The quantitative estimate of drug-likeness (QED) is 0.505. The molecule has 6 nitrogen and oxygen atoms in total. The van der Waals surface area contributed by atoms with Crippen LogP contribution in [-0.2, 0) is 10.0 Å². The van der Waals surface area contributed by atoms with E-state index in [2.05, 4.69) is 9.71 Å². The summed E-state index contributed by atoms with van der Waals surface area (Å²) in [5.41, 5.74) is 10.8. The van der Waals surface area contributed by atoms with Crippen LogP contribution in [0.1, 0.15) is 6.92 Å². The summed E-state index contributed by atoms with van der Waals surface area (Å²) in [7, 11) is -3.47. The minimum atomic E-state index is -3.47. The first-order chi connectivity index (χ1) is 7.45. The van der Waals surface area contributed by atoms with Crippen LogP contribution in [0.3, 0.4) is 0 Å². The Morgan fingerprint density at radius 2 is 2.12 bits per heavy atom. The maximum atomic E-state index is 11.6. The minimum Gasteiger partial charge on any atom is -0.370 e. The molecule has 0 fully saturated rings. The van der Waals surface area contributed by atoms with Crippen molar-refractivity contribution in [2.24, 2.45) is 16.5 Å². The third-order valence-corrected chi connectivity index (χ3v) is 3.26. The van der Waals surface area contributed by atoms with Gasteiger partial charge in [-0.3, -0.25) is 0 Å². The molecular weight excluding hydrogens is 228 g/mol. The van der Waals surface area contributed by atoms with Gasteiger partial charge in [0.05, 0.1) is 10.6 Å². The molecule has 0 bridgehead atoms. The fraction of sp³-hybridized carbons (Fsp3) is 0.222. The molecule has 0 saturated heterocycles. The predicted molar refractivity (Wildman–Crippen MR) is 62.8 cm³/mol. The number of sulfonamides is 1. The van der Waals surface area contributed by atoms with Crippen molar-refractivity contribution < 1.29 is 8.42 Å². The zero-order chi connectivity index (χ0) is 12.2. The predicted octanol–water partition coefficient (Wildman–Crippen LogP) is -0.110. The number of aliphatic imine (C=N–C) groups is 1. The van der Waals surface area contributed by atoms with Gasteiger partial charge in [0.2, 0.25) is 10.0 Å². The lowest BCUT2D eigenvalue weighted by atomic mass is 10.3. The Balaban J connectivity index is 3.13. The summed E-state index contributed by atoms with van der Waals surface area (Å²) in [5.74, 6) is -0.113. The molecule has 0 amide bonds. The highest BCUT2D eigenvalue weighted by atomic mass is 32.2. The maximum Gasteiger partial charge on any atom is 0.240 e. The summed E-state index contributed by atoms with van der Waals surface area (Å²) in [5, 5.41) is 0. The second-order valence-electron chi connectivity index (χ2n) is 3.04. The van der Waals surface area contributed by atoms with E-state index in [0.29, 0.717) is 12.2 Å². The first kappa shape index (κ1) is 12.5. The molecule has 0 aliphatic rings. The van der Waals surface area contributed by atoms with Crippen LogP contribution in [0, 0.1) is 0 Å². The van der Waals surface area contributed by atoms with E-state index in [1.54, 1.807) is 19.1 Å². The number of benzene rings is 1. The number of nitrogens with one attached hydrogen (secondary N) is 1. The molecule has 0 unspecified atom stereocenters. The van der Waals surface area contributed by atoms with Gasteiger partial charge in [-0.1, -0.05) is 13.0 Å². The van der Waals surface area contributed by atoms with Crippen molar-refractivity contribution in [2.75, 3.05) is 6.54 Å². The van der Waals surface area contributed by atoms with Crippen molar-refractivity contribution in [3.8, 4) is 0 Å². The zero-order valence-electron chi connectivity index (χ0n) is 8.84. The third-order valence-electron chi connectivity index (χ3n) is 1.72. The van der Waals surface area contributed by atoms with Gasteiger partial charge in [0.15, 0.2) is 5.96 Å². The molecule has 1 rings (SSSR count). The van der Waals surface area contributed by atoms with Crippen molar-refractivity contribution in [2.45, 2.75) is 11.8 Å². The number of guanidine groups is 1. The van der Waals surface area contributed by atoms with Crippen molar-refractivity contribution in [1.82, 2.24) is 4.72 Å². The minimum absolute atomic E-state index is 0.113. The SMILES string of the molecule is CCNS(=O)(=O)c1cccc(N=C(N)N)c1. The highest BCUT2D eigenvalue weighted by Crippen LogP contribution is 2.17. The van der Waals surface area contributed by atoms with E-state index >= 15 is 0 Å². The van der Waals surface area contributed by atoms with Crippen LogP contribution in [0.2, 0.25) is 0 Å². The number of nitrogens with two attached hydrogens (primary N) is 2. The number of hydrogen-bond acceptors (Lipinski definition) is 3. The lowest BCUT2D eigenvalue weighted by Crippen LogP contribution is -2.23. The first-order valence-corrected chi connectivity index (χ1v) is 6.13.